The summed E-state index contributed by atoms with van der Waals surface area (Å²) in [7, 11) is 0. The topological polar surface area (TPSA) is 63.6 Å². The van der Waals surface area contributed by atoms with E-state index in [1.165, 1.54) is 0 Å². The van der Waals surface area contributed by atoms with Crippen LogP contribution in [0.1, 0.15) is 46.5 Å². The average Bonchev–Trinajstić information content (AvgIpc) is 2.59. The molecule has 1 aliphatic carbocycles. The predicted octanol–water partition coefficient (Wildman–Crippen LogP) is 2.25. The number of ketones is 1. The molecule has 0 bridgehead atoms. The molecule has 0 amide bonds. The van der Waals surface area contributed by atoms with Crippen LogP contribution >= 0.6 is 0 Å². The van der Waals surface area contributed by atoms with Crippen LogP contribution in [0.4, 0.5) is 0 Å². The highest BCUT2D eigenvalue weighted by molar-refractivity contribution is 5.84. The predicted molar refractivity (Wildman–Crippen MR) is 72.5 cm³/mol. The minimum atomic E-state index is -0.480. The van der Waals surface area contributed by atoms with Crippen molar-refractivity contribution in [2.24, 2.45) is 11.8 Å². The van der Waals surface area contributed by atoms with Gasteiger partial charge in [0.1, 0.15) is 11.4 Å². The van der Waals surface area contributed by atoms with Gasteiger partial charge in [-0.25, -0.2) is 0 Å². The van der Waals surface area contributed by atoms with Gasteiger partial charge in [-0.1, -0.05) is 12.2 Å². The van der Waals surface area contributed by atoms with E-state index in [2.05, 4.69) is 0 Å². The fraction of sp³-hybridized carbons (Fsp3) is 0.733. The lowest BCUT2D eigenvalue weighted by atomic mass is 9.89. The van der Waals surface area contributed by atoms with Crippen molar-refractivity contribution >= 4 is 11.8 Å². The Hall–Kier alpha value is -1.16. The van der Waals surface area contributed by atoms with Crippen molar-refractivity contribution in [3.8, 4) is 0 Å². The van der Waals surface area contributed by atoms with E-state index in [1.807, 2.05) is 26.8 Å². The molecule has 4 nitrogen and oxygen atoms in total. The van der Waals surface area contributed by atoms with Crippen molar-refractivity contribution < 1.29 is 19.4 Å². The van der Waals surface area contributed by atoms with Crippen LogP contribution in [0.3, 0.4) is 0 Å². The van der Waals surface area contributed by atoms with E-state index >= 15 is 0 Å². The number of carbonyl (C=O) groups is 2. The number of hydrogen-bond donors (Lipinski definition) is 1. The number of allylic oxidation sites excluding steroid dienone is 1. The molecule has 0 radical (unpaired) electrons. The molecule has 1 rings (SSSR count). The van der Waals surface area contributed by atoms with E-state index in [4.69, 9.17) is 9.84 Å². The van der Waals surface area contributed by atoms with E-state index in [-0.39, 0.29) is 30.2 Å². The molecule has 108 valence electrons. The molecule has 0 saturated heterocycles. The van der Waals surface area contributed by atoms with E-state index in [0.29, 0.717) is 19.3 Å². The van der Waals surface area contributed by atoms with Gasteiger partial charge in [-0.05, 0) is 39.5 Å². The third-order valence-electron chi connectivity index (χ3n) is 3.26. The molecule has 1 N–H and O–H groups in total. The SMILES string of the molecule is CC(C)(C)OC(=O)C[C@H]1CCC(=O)[C@@H]1C/C=C\CO. The van der Waals surface area contributed by atoms with Crippen molar-refractivity contribution in [3.05, 3.63) is 12.2 Å². The van der Waals surface area contributed by atoms with Crippen molar-refractivity contribution in [1.29, 1.82) is 0 Å². The number of Topliss-reactive ketones (excluding diaryl/α,β-unsaturated/α-hetero) is 1. The molecular formula is C15H24O4. The Morgan fingerprint density at radius 2 is 2.11 bits per heavy atom. The number of rotatable bonds is 5. The molecule has 0 aromatic heterocycles. The monoisotopic (exact) mass is 268 g/mol. The highest BCUT2D eigenvalue weighted by atomic mass is 16.6. The molecule has 0 aromatic rings. The maximum atomic E-state index is 11.8. The molecule has 1 aliphatic rings. The minimum absolute atomic E-state index is 0.0162. The zero-order valence-corrected chi connectivity index (χ0v) is 12.0. The summed E-state index contributed by atoms with van der Waals surface area (Å²) in [6.45, 7) is 5.50. The Labute approximate surface area is 114 Å². The van der Waals surface area contributed by atoms with Crippen LogP contribution in [-0.4, -0.2) is 29.1 Å². The lowest BCUT2D eigenvalue weighted by Crippen LogP contribution is -2.26. The van der Waals surface area contributed by atoms with Crippen molar-refractivity contribution in [2.75, 3.05) is 6.61 Å². The number of aliphatic hydroxyl groups is 1. The Bertz CT molecular complexity index is 352. The summed E-state index contributed by atoms with van der Waals surface area (Å²) in [6.07, 6.45) is 5.67. The molecule has 0 aliphatic heterocycles. The highest BCUT2D eigenvalue weighted by Gasteiger charge is 2.35. The van der Waals surface area contributed by atoms with Gasteiger partial charge in [-0.2, -0.15) is 0 Å². The van der Waals surface area contributed by atoms with Gasteiger partial charge in [-0.3, -0.25) is 9.59 Å². The van der Waals surface area contributed by atoms with E-state index in [1.54, 1.807) is 6.08 Å². The van der Waals surface area contributed by atoms with Crippen LogP contribution in [-0.2, 0) is 14.3 Å². The Morgan fingerprint density at radius 1 is 1.42 bits per heavy atom. The molecule has 0 aromatic carbocycles. The molecule has 2 atom stereocenters. The summed E-state index contributed by atoms with van der Waals surface area (Å²) < 4.78 is 5.30. The second kappa shape index (κ2) is 6.85. The van der Waals surface area contributed by atoms with Crippen LogP contribution < -0.4 is 0 Å². The highest BCUT2D eigenvalue weighted by Crippen LogP contribution is 2.34. The summed E-state index contributed by atoms with van der Waals surface area (Å²) >= 11 is 0. The van der Waals surface area contributed by atoms with Gasteiger partial charge >= 0.3 is 5.97 Å². The first kappa shape index (κ1) is 15.9. The third kappa shape index (κ3) is 5.55. The summed E-state index contributed by atoms with van der Waals surface area (Å²) in [4.78, 5) is 23.6. The summed E-state index contributed by atoms with van der Waals surface area (Å²) in [5.74, 6) is -0.0412. The molecule has 1 fully saturated rings. The van der Waals surface area contributed by atoms with Crippen LogP contribution in [0.25, 0.3) is 0 Å². The molecule has 1 saturated carbocycles. The Balaban J connectivity index is 2.53. The maximum absolute atomic E-state index is 11.8. The van der Waals surface area contributed by atoms with Gasteiger partial charge in [0.15, 0.2) is 0 Å². The van der Waals surface area contributed by atoms with E-state index in [9.17, 15) is 9.59 Å². The van der Waals surface area contributed by atoms with Crippen LogP contribution in [0.15, 0.2) is 12.2 Å². The first-order chi connectivity index (χ1) is 8.83. The standard InChI is InChI=1S/C15H24O4/c1-15(2,3)19-14(18)10-11-7-8-13(17)12(11)6-4-5-9-16/h4-5,11-12,16H,6-10H2,1-3H3/b5-4-/t11-,12-/m1/s1. The Morgan fingerprint density at radius 3 is 2.68 bits per heavy atom. The molecule has 0 unspecified atom stereocenters. The van der Waals surface area contributed by atoms with Crippen molar-refractivity contribution in [1.82, 2.24) is 0 Å². The van der Waals surface area contributed by atoms with Crippen LogP contribution in [0, 0.1) is 11.8 Å². The number of esters is 1. The van der Waals surface area contributed by atoms with Gasteiger partial charge in [0.2, 0.25) is 0 Å². The molecule has 19 heavy (non-hydrogen) atoms. The average molecular weight is 268 g/mol. The zero-order chi connectivity index (χ0) is 14.5. The molecular weight excluding hydrogens is 244 g/mol. The van der Waals surface area contributed by atoms with Crippen molar-refractivity contribution in [2.45, 2.75) is 52.1 Å². The normalized spacial score (nSPS) is 24.1. The van der Waals surface area contributed by atoms with Crippen LogP contribution in [0.5, 0.6) is 0 Å². The minimum Gasteiger partial charge on any atom is -0.460 e. The van der Waals surface area contributed by atoms with E-state index in [0.717, 1.165) is 6.42 Å². The number of aliphatic hydroxyl groups excluding tert-OH is 1. The smallest absolute Gasteiger partial charge is 0.306 e. The maximum Gasteiger partial charge on any atom is 0.306 e. The first-order valence-corrected chi connectivity index (χ1v) is 6.84. The van der Waals surface area contributed by atoms with Gasteiger partial charge in [0.25, 0.3) is 0 Å². The lowest BCUT2D eigenvalue weighted by molar-refractivity contribution is -0.156. The van der Waals surface area contributed by atoms with Crippen LogP contribution in [0.2, 0.25) is 0 Å². The largest absolute Gasteiger partial charge is 0.460 e. The summed E-state index contributed by atoms with van der Waals surface area (Å²) in [5, 5.41) is 8.70. The number of carbonyl (C=O) groups excluding carboxylic acids is 2. The fourth-order valence-corrected chi connectivity index (χ4v) is 2.46. The van der Waals surface area contributed by atoms with Gasteiger partial charge in [0.05, 0.1) is 6.61 Å². The second-order valence-corrected chi connectivity index (χ2v) is 6.05. The molecule has 0 spiro atoms. The molecule has 4 heteroatoms. The number of ether oxygens (including phenoxy) is 1. The van der Waals surface area contributed by atoms with Gasteiger partial charge in [0, 0.05) is 18.8 Å². The summed E-state index contributed by atoms with van der Waals surface area (Å²) in [6, 6.07) is 0. The van der Waals surface area contributed by atoms with Gasteiger partial charge in [-0.15, -0.1) is 0 Å². The molecule has 0 heterocycles. The second-order valence-electron chi connectivity index (χ2n) is 6.05. The fourth-order valence-electron chi connectivity index (χ4n) is 2.46. The van der Waals surface area contributed by atoms with Gasteiger partial charge < -0.3 is 9.84 Å². The zero-order valence-electron chi connectivity index (χ0n) is 12.0. The first-order valence-electron chi connectivity index (χ1n) is 6.84. The van der Waals surface area contributed by atoms with Crippen molar-refractivity contribution in [3.63, 3.8) is 0 Å². The third-order valence-corrected chi connectivity index (χ3v) is 3.26. The lowest BCUT2D eigenvalue weighted by Gasteiger charge is -2.22. The van der Waals surface area contributed by atoms with E-state index < -0.39 is 5.60 Å². The number of hydrogen-bond acceptors (Lipinski definition) is 4. The summed E-state index contributed by atoms with van der Waals surface area (Å²) in [5.41, 5.74) is -0.480. The Kier molecular flexibility index (Phi) is 5.73. The quantitative estimate of drug-likeness (QED) is 0.613.